The molecule has 1 aromatic carbocycles. The van der Waals surface area contributed by atoms with Gasteiger partial charge in [-0.3, -0.25) is 4.90 Å². The number of imidazole rings is 1. The summed E-state index contributed by atoms with van der Waals surface area (Å²) in [7, 11) is 0. The maximum absolute atomic E-state index is 5.93. The van der Waals surface area contributed by atoms with Crippen LogP contribution < -0.4 is 5.73 Å². The predicted octanol–water partition coefficient (Wildman–Crippen LogP) is 2.22. The summed E-state index contributed by atoms with van der Waals surface area (Å²) in [5.74, 6) is 0. The van der Waals surface area contributed by atoms with Crippen molar-refractivity contribution >= 4 is 12.4 Å². The largest absolute Gasteiger partial charge is 0.328 e. The van der Waals surface area contributed by atoms with Gasteiger partial charge in [0.15, 0.2) is 0 Å². The van der Waals surface area contributed by atoms with Gasteiger partial charge in [0.25, 0.3) is 0 Å². The minimum absolute atomic E-state index is 0. The zero-order chi connectivity index (χ0) is 13.1. The van der Waals surface area contributed by atoms with Gasteiger partial charge in [-0.05, 0) is 43.6 Å². The van der Waals surface area contributed by atoms with Gasteiger partial charge in [-0.2, -0.15) is 0 Å². The topological polar surface area (TPSA) is 47.1 Å². The molecule has 2 N–H and O–H groups in total. The summed E-state index contributed by atoms with van der Waals surface area (Å²) < 4.78 is 2.02. The first-order valence-electron chi connectivity index (χ1n) is 6.86. The lowest BCUT2D eigenvalue weighted by Gasteiger charge is -2.30. The van der Waals surface area contributed by atoms with Crippen molar-refractivity contribution in [3.63, 3.8) is 0 Å². The summed E-state index contributed by atoms with van der Waals surface area (Å²) in [6.07, 6.45) is 7.81. The van der Waals surface area contributed by atoms with E-state index >= 15 is 0 Å². The first-order chi connectivity index (χ1) is 9.31. The molecule has 0 spiro atoms. The summed E-state index contributed by atoms with van der Waals surface area (Å²) >= 11 is 0. The highest BCUT2D eigenvalue weighted by molar-refractivity contribution is 5.85. The molecule has 0 atom stereocenters. The highest BCUT2D eigenvalue weighted by atomic mass is 35.5. The Hall–Kier alpha value is -1.36. The highest BCUT2D eigenvalue weighted by Crippen LogP contribution is 2.14. The van der Waals surface area contributed by atoms with Crippen molar-refractivity contribution in [2.75, 3.05) is 13.1 Å². The number of likely N-dealkylation sites (tertiary alicyclic amines) is 1. The molecule has 2 aromatic rings. The fraction of sp³-hybridized carbons (Fsp3) is 0.400. The van der Waals surface area contributed by atoms with Crippen molar-refractivity contribution in [2.24, 2.45) is 5.73 Å². The number of hydrogen-bond donors (Lipinski definition) is 1. The molecular formula is C15H21ClN4. The average molecular weight is 293 g/mol. The van der Waals surface area contributed by atoms with Gasteiger partial charge in [-0.15, -0.1) is 12.4 Å². The van der Waals surface area contributed by atoms with Crippen LogP contribution in [0.15, 0.2) is 43.0 Å². The number of benzene rings is 1. The summed E-state index contributed by atoms with van der Waals surface area (Å²) in [5, 5.41) is 0. The Balaban J connectivity index is 0.00000147. The van der Waals surface area contributed by atoms with E-state index in [9.17, 15) is 0 Å². The van der Waals surface area contributed by atoms with E-state index in [0.717, 1.165) is 38.2 Å². The van der Waals surface area contributed by atoms with Crippen LogP contribution in [0.2, 0.25) is 0 Å². The standard InChI is InChI=1S/C15H20N4.ClH/c16-14-5-8-18(9-6-14)11-13-1-3-15(4-2-13)19-10-7-17-12-19;/h1-4,7,10,12,14H,5-6,8-9,11,16H2;1H. The molecule has 108 valence electrons. The molecule has 1 aromatic heterocycles. The zero-order valence-electron chi connectivity index (χ0n) is 11.5. The molecule has 1 aliphatic heterocycles. The lowest BCUT2D eigenvalue weighted by Crippen LogP contribution is -2.39. The van der Waals surface area contributed by atoms with E-state index in [1.165, 1.54) is 5.56 Å². The normalized spacial score (nSPS) is 16.9. The zero-order valence-corrected chi connectivity index (χ0v) is 12.3. The molecule has 2 heterocycles. The van der Waals surface area contributed by atoms with Crippen molar-refractivity contribution in [3.8, 4) is 5.69 Å². The third-order valence-corrected chi connectivity index (χ3v) is 3.78. The van der Waals surface area contributed by atoms with Gasteiger partial charge in [-0.25, -0.2) is 4.98 Å². The summed E-state index contributed by atoms with van der Waals surface area (Å²) in [5.41, 5.74) is 8.44. The van der Waals surface area contributed by atoms with Crippen LogP contribution in [-0.2, 0) is 6.54 Å². The van der Waals surface area contributed by atoms with E-state index in [1.807, 2.05) is 17.1 Å². The van der Waals surface area contributed by atoms with Gasteiger partial charge in [0.1, 0.15) is 0 Å². The van der Waals surface area contributed by atoms with E-state index in [-0.39, 0.29) is 12.4 Å². The molecule has 1 aliphatic rings. The van der Waals surface area contributed by atoms with Gasteiger partial charge < -0.3 is 10.3 Å². The molecular weight excluding hydrogens is 272 g/mol. The Kier molecular flexibility index (Phi) is 5.17. The number of piperidine rings is 1. The van der Waals surface area contributed by atoms with Gasteiger partial charge in [-0.1, -0.05) is 12.1 Å². The molecule has 0 aliphatic carbocycles. The predicted molar refractivity (Wildman–Crippen MR) is 83.3 cm³/mol. The Bertz CT molecular complexity index is 501. The molecule has 0 bridgehead atoms. The molecule has 4 nitrogen and oxygen atoms in total. The molecule has 0 amide bonds. The SMILES string of the molecule is Cl.NC1CCN(Cc2ccc(-n3ccnc3)cc2)CC1. The van der Waals surface area contributed by atoms with Gasteiger partial charge >= 0.3 is 0 Å². The molecule has 20 heavy (non-hydrogen) atoms. The van der Waals surface area contributed by atoms with Crippen LogP contribution in [0.3, 0.4) is 0 Å². The number of nitrogens with zero attached hydrogens (tertiary/aromatic N) is 3. The van der Waals surface area contributed by atoms with Crippen molar-refractivity contribution in [1.82, 2.24) is 14.5 Å². The molecule has 5 heteroatoms. The van der Waals surface area contributed by atoms with Crippen molar-refractivity contribution in [3.05, 3.63) is 48.5 Å². The number of aromatic nitrogens is 2. The Morgan fingerprint density at radius 1 is 1.15 bits per heavy atom. The summed E-state index contributed by atoms with van der Waals surface area (Å²) in [6, 6.07) is 9.09. The summed E-state index contributed by atoms with van der Waals surface area (Å²) in [4.78, 5) is 6.55. The van der Waals surface area contributed by atoms with Crippen molar-refractivity contribution < 1.29 is 0 Å². The van der Waals surface area contributed by atoms with Gasteiger partial charge in [0.2, 0.25) is 0 Å². The fourth-order valence-electron chi connectivity index (χ4n) is 2.55. The molecule has 0 unspecified atom stereocenters. The number of nitrogens with two attached hydrogens (primary N) is 1. The lowest BCUT2D eigenvalue weighted by molar-refractivity contribution is 0.205. The quantitative estimate of drug-likeness (QED) is 0.943. The smallest absolute Gasteiger partial charge is 0.0991 e. The van der Waals surface area contributed by atoms with Gasteiger partial charge in [0.05, 0.1) is 6.33 Å². The molecule has 3 rings (SSSR count). The first-order valence-corrected chi connectivity index (χ1v) is 6.86. The minimum Gasteiger partial charge on any atom is -0.328 e. The maximum atomic E-state index is 5.93. The lowest BCUT2D eigenvalue weighted by atomic mass is 10.1. The van der Waals surface area contributed by atoms with Crippen LogP contribution in [0.4, 0.5) is 0 Å². The van der Waals surface area contributed by atoms with Crippen LogP contribution in [-0.4, -0.2) is 33.6 Å². The van der Waals surface area contributed by atoms with Gasteiger partial charge in [0, 0.05) is 30.7 Å². The van der Waals surface area contributed by atoms with Crippen LogP contribution in [0.1, 0.15) is 18.4 Å². The van der Waals surface area contributed by atoms with Crippen LogP contribution in [0.25, 0.3) is 5.69 Å². The Morgan fingerprint density at radius 2 is 1.85 bits per heavy atom. The van der Waals surface area contributed by atoms with E-state index in [4.69, 9.17) is 5.73 Å². The second kappa shape index (κ2) is 6.88. The van der Waals surface area contributed by atoms with E-state index in [0.29, 0.717) is 6.04 Å². The second-order valence-corrected chi connectivity index (χ2v) is 5.25. The molecule has 1 saturated heterocycles. The van der Waals surface area contributed by atoms with E-state index < -0.39 is 0 Å². The van der Waals surface area contributed by atoms with E-state index in [1.54, 1.807) is 6.20 Å². The first kappa shape index (κ1) is 15.0. The monoisotopic (exact) mass is 292 g/mol. The third kappa shape index (κ3) is 3.60. The number of halogens is 1. The second-order valence-electron chi connectivity index (χ2n) is 5.25. The Labute approximate surface area is 126 Å². The van der Waals surface area contributed by atoms with Crippen LogP contribution in [0.5, 0.6) is 0 Å². The van der Waals surface area contributed by atoms with Crippen LogP contribution in [0, 0.1) is 0 Å². The third-order valence-electron chi connectivity index (χ3n) is 3.78. The highest BCUT2D eigenvalue weighted by Gasteiger charge is 2.15. The Morgan fingerprint density at radius 3 is 2.45 bits per heavy atom. The van der Waals surface area contributed by atoms with Crippen LogP contribution >= 0.6 is 12.4 Å². The fourth-order valence-corrected chi connectivity index (χ4v) is 2.55. The molecule has 1 fully saturated rings. The van der Waals surface area contributed by atoms with Crippen molar-refractivity contribution in [2.45, 2.75) is 25.4 Å². The molecule has 0 radical (unpaired) electrons. The maximum Gasteiger partial charge on any atom is 0.0991 e. The molecule has 0 saturated carbocycles. The summed E-state index contributed by atoms with van der Waals surface area (Å²) in [6.45, 7) is 3.26. The average Bonchev–Trinajstić information content (AvgIpc) is 2.96. The number of hydrogen-bond acceptors (Lipinski definition) is 3. The van der Waals surface area contributed by atoms with E-state index in [2.05, 4.69) is 34.1 Å². The minimum atomic E-state index is 0. The number of rotatable bonds is 3. The van der Waals surface area contributed by atoms with Crippen molar-refractivity contribution in [1.29, 1.82) is 0 Å².